The van der Waals surface area contributed by atoms with E-state index in [2.05, 4.69) is 9.47 Å². The van der Waals surface area contributed by atoms with E-state index in [-0.39, 0.29) is 37.4 Å². The fraction of sp³-hybridized carbons (Fsp3) is 0.769. The highest BCUT2D eigenvalue weighted by atomic mass is 16.5. The van der Waals surface area contributed by atoms with Crippen LogP contribution < -0.4 is 0 Å². The first-order valence-corrected chi connectivity index (χ1v) is 6.55. The van der Waals surface area contributed by atoms with Crippen molar-refractivity contribution in [2.75, 3.05) is 40.5 Å². The van der Waals surface area contributed by atoms with Gasteiger partial charge < -0.3 is 14.2 Å². The van der Waals surface area contributed by atoms with Gasteiger partial charge in [0, 0.05) is 26.1 Å². The van der Waals surface area contributed by atoms with Crippen molar-refractivity contribution in [3.8, 4) is 0 Å². The first kappa shape index (κ1) is 18.4. The summed E-state index contributed by atoms with van der Waals surface area (Å²) in [6.07, 6.45) is 0.767. The van der Waals surface area contributed by atoms with Gasteiger partial charge >= 0.3 is 17.9 Å². The lowest BCUT2D eigenvalue weighted by molar-refractivity contribution is -0.145. The van der Waals surface area contributed by atoms with Crippen molar-refractivity contribution in [2.45, 2.75) is 26.2 Å². The molecule has 7 nitrogen and oxygen atoms in total. The predicted molar refractivity (Wildman–Crippen MR) is 71.0 cm³/mol. The van der Waals surface area contributed by atoms with Gasteiger partial charge in [-0.05, 0) is 0 Å². The van der Waals surface area contributed by atoms with Crippen LogP contribution >= 0.6 is 0 Å². The fourth-order valence-corrected chi connectivity index (χ4v) is 1.43. The van der Waals surface area contributed by atoms with Crippen molar-refractivity contribution in [2.24, 2.45) is 0 Å². The summed E-state index contributed by atoms with van der Waals surface area (Å²) in [4.78, 5) is 35.1. The molecule has 0 radical (unpaired) electrons. The molecule has 0 aromatic rings. The maximum Gasteiger partial charge on any atom is 0.306 e. The molecule has 0 unspecified atom stereocenters. The lowest BCUT2D eigenvalue weighted by Gasteiger charge is -2.21. The van der Waals surface area contributed by atoms with Gasteiger partial charge in [0.25, 0.3) is 0 Å². The Morgan fingerprint density at radius 3 is 1.75 bits per heavy atom. The summed E-state index contributed by atoms with van der Waals surface area (Å²) in [5.74, 6) is -0.914. The van der Waals surface area contributed by atoms with Crippen LogP contribution in [-0.2, 0) is 28.6 Å². The van der Waals surface area contributed by atoms with Crippen LogP contribution in [0.2, 0.25) is 0 Å². The molecule has 0 bridgehead atoms. The van der Waals surface area contributed by atoms with Gasteiger partial charge in [0.2, 0.25) is 0 Å². The zero-order valence-electron chi connectivity index (χ0n) is 12.3. The standard InChI is InChI=1S/C13H23NO6/c1-4-11(15)20-10-9-14(7-5-12(16)18-2)8-6-13(17)19-3/h4-10H2,1-3H3. The number of esters is 3. The predicted octanol–water partition coefficient (Wildman–Crippen LogP) is 0.368. The molecule has 7 heteroatoms. The second kappa shape index (κ2) is 11.2. The zero-order valence-corrected chi connectivity index (χ0v) is 12.3. The van der Waals surface area contributed by atoms with E-state index < -0.39 is 0 Å². The van der Waals surface area contributed by atoms with Crippen LogP contribution in [0.3, 0.4) is 0 Å². The van der Waals surface area contributed by atoms with E-state index in [4.69, 9.17) is 4.74 Å². The van der Waals surface area contributed by atoms with E-state index in [9.17, 15) is 14.4 Å². The van der Waals surface area contributed by atoms with Gasteiger partial charge in [0.05, 0.1) is 27.1 Å². The quantitative estimate of drug-likeness (QED) is 0.424. The number of carbonyl (C=O) groups is 3. The van der Waals surface area contributed by atoms with Crippen LogP contribution in [0.5, 0.6) is 0 Å². The molecule has 0 aromatic carbocycles. The number of hydrogen-bond donors (Lipinski definition) is 0. The number of hydrogen-bond acceptors (Lipinski definition) is 7. The van der Waals surface area contributed by atoms with Crippen LogP contribution in [-0.4, -0.2) is 63.3 Å². The number of methoxy groups -OCH3 is 2. The summed E-state index contributed by atoms with van der Waals surface area (Å²) >= 11 is 0. The smallest absolute Gasteiger partial charge is 0.306 e. The molecule has 0 rings (SSSR count). The maximum absolute atomic E-state index is 11.1. The summed E-state index contributed by atoms with van der Waals surface area (Å²) in [6.45, 7) is 3.28. The molecule has 0 saturated carbocycles. The number of carbonyl (C=O) groups excluding carboxylic acids is 3. The normalized spacial score (nSPS) is 10.2. The average molecular weight is 289 g/mol. The molecule has 0 fully saturated rings. The third kappa shape index (κ3) is 9.32. The Balaban J connectivity index is 4.12. The molecule has 116 valence electrons. The minimum atomic E-state index is -0.321. The van der Waals surface area contributed by atoms with Crippen LogP contribution in [0, 0.1) is 0 Å². The molecule has 0 aliphatic rings. The van der Waals surface area contributed by atoms with Gasteiger partial charge in [-0.25, -0.2) is 0 Å². The lowest BCUT2D eigenvalue weighted by Crippen LogP contribution is -2.32. The maximum atomic E-state index is 11.1. The molecule has 0 spiro atoms. The number of nitrogens with zero attached hydrogens (tertiary/aromatic N) is 1. The van der Waals surface area contributed by atoms with E-state index >= 15 is 0 Å². The van der Waals surface area contributed by atoms with Gasteiger partial charge in [0.1, 0.15) is 6.61 Å². The Hall–Kier alpha value is -1.63. The van der Waals surface area contributed by atoms with E-state index in [1.807, 2.05) is 4.90 Å². The van der Waals surface area contributed by atoms with Crippen molar-refractivity contribution < 1.29 is 28.6 Å². The highest BCUT2D eigenvalue weighted by molar-refractivity contribution is 5.70. The minimum absolute atomic E-state index is 0.222. The van der Waals surface area contributed by atoms with Crippen LogP contribution in [0.15, 0.2) is 0 Å². The number of ether oxygens (including phenoxy) is 3. The first-order valence-electron chi connectivity index (χ1n) is 6.55. The summed E-state index contributed by atoms with van der Waals surface area (Å²) in [5.41, 5.74) is 0. The molecule has 0 aromatic heterocycles. The lowest BCUT2D eigenvalue weighted by atomic mass is 10.3. The summed E-state index contributed by atoms with van der Waals surface area (Å²) in [5, 5.41) is 0. The molecule has 20 heavy (non-hydrogen) atoms. The van der Waals surface area contributed by atoms with Crippen molar-refractivity contribution in [3.05, 3.63) is 0 Å². The summed E-state index contributed by atoms with van der Waals surface area (Å²) < 4.78 is 14.1. The van der Waals surface area contributed by atoms with Crippen molar-refractivity contribution in [3.63, 3.8) is 0 Å². The molecule has 0 heterocycles. The first-order chi connectivity index (χ1) is 9.53. The molecule has 0 atom stereocenters. The van der Waals surface area contributed by atoms with Crippen molar-refractivity contribution in [1.29, 1.82) is 0 Å². The summed E-state index contributed by atoms with van der Waals surface area (Å²) in [6, 6.07) is 0. The average Bonchev–Trinajstić information content (AvgIpc) is 2.47. The van der Waals surface area contributed by atoms with E-state index in [0.29, 0.717) is 26.1 Å². The Kier molecular flexibility index (Phi) is 10.3. The molecule has 0 saturated heterocycles. The van der Waals surface area contributed by atoms with Gasteiger partial charge in [-0.15, -0.1) is 0 Å². The SMILES string of the molecule is CCC(=O)OCCN(CCC(=O)OC)CCC(=O)OC. The van der Waals surface area contributed by atoms with Gasteiger partial charge in [-0.1, -0.05) is 6.92 Å². The van der Waals surface area contributed by atoms with Crippen LogP contribution in [0.4, 0.5) is 0 Å². The fourth-order valence-electron chi connectivity index (χ4n) is 1.43. The van der Waals surface area contributed by atoms with Crippen molar-refractivity contribution >= 4 is 17.9 Å². The van der Waals surface area contributed by atoms with Gasteiger partial charge in [0.15, 0.2) is 0 Å². The second-order valence-corrected chi connectivity index (χ2v) is 4.07. The molecule has 0 aliphatic carbocycles. The van der Waals surface area contributed by atoms with E-state index in [1.165, 1.54) is 14.2 Å². The minimum Gasteiger partial charge on any atom is -0.469 e. The Morgan fingerprint density at radius 2 is 1.35 bits per heavy atom. The highest BCUT2D eigenvalue weighted by Crippen LogP contribution is 1.98. The molecule has 0 N–H and O–H groups in total. The molecular formula is C13H23NO6. The van der Waals surface area contributed by atoms with Crippen LogP contribution in [0.1, 0.15) is 26.2 Å². The Labute approximate surface area is 119 Å². The zero-order chi connectivity index (χ0) is 15.4. The molecule has 0 amide bonds. The largest absolute Gasteiger partial charge is 0.469 e. The number of rotatable bonds is 10. The van der Waals surface area contributed by atoms with Gasteiger partial charge in [-0.3, -0.25) is 19.3 Å². The third-order valence-corrected chi connectivity index (χ3v) is 2.68. The Morgan fingerprint density at radius 1 is 0.850 bits per heavy atom. The van der Waals surface area contributed by atoms with E-state index in [1.54, 1.807) is 6.92 Å². The van der Waals surface area contributed by atoms with Crippen molar-refractivity contribution in [1.82, 2.24) is 4.90 Å². The van der Waals surface area contributed by atoms with Gasteiger partial charge in [-0.2, -0.15) is 0 Å². The molecule has 0 aliphatic heterocycles. The summed E-state index contributed by atoms with van der Waals surface area (Å²) in [7, 11) is 2.65. The Bertz CT molecular complexity index is 298. The highest BCUT2D eigenvalue weighted by Gasteiger charge is 2.11. The third-order valence-electron chi connectivity index (χ3n) is 2.68. The second-order valence-electron chi connectivity index (χ2n) is 4.07. The van der Waals surface area contributed by atoms with E-state index in [0.717, 1.165) is 0 Å². The molecular weight excluding hydrogens is 266 g/mol. The van der Waals surface area contributed by atoms with Crippen LogP contribution in [0.25, 0.3) is 0 Å². The topological polar surface area (TPSA) is 82.1 Å². The monoisotopic (exact) mass is 289 g/mol.